The molecule has 0 radical (unpaired) electrons. The number of ether oxygens (including phenoxy) is 2. The van der Waals surface area contributed by atoms with E-state index in [2.05, 4.69) is 5.92 Å². The minimum atomic E-state index is -0.0332. The van der Waals surface area contributed by atoms with Gasteiger partial charge >= 0.3 is 17.1 Å². The number of rotatable bonds is 3. The average molecular weight is 229 g/mol. The van der Waals surface area contributed by atoms with Crippen LogP contribution in [0, 0.1) is 12.3 Å². The zero-order valence-electron chi connectivity index (χ0n) is 7.39. The molecule has 1 unspecified atom stereocenters. The molecule has 1 saturated heterocycles. The molecule has 13 heavy (non-hydrogen) atoms. The second kappa shape index (κ2) is 8.34. The van der Waals surface area contributed by atoms with Gasteiger partial charge < -0.3 is 15.9 Å². The van der Waals surface area contributed by atoms with Crippen molar-refractivity contribution < 1.29 is 26.5 Å². The van der Waals surface area contributed by atoms with Crippen LogP contribution in [0.15, 0.2) is 12.2 Å². The van der Waals surface area contributed by atoms with Gasteiger partial charge in [-0.3, -0.25) is 5.92 Å². The van der Waals surface area contributed by atoms with E-state index >= 15 is 0 Å². The quantitative estimate of drug-likeness (QED) is 0.416. The predicted molar refractivity (Wildman–Crippen MR) is 45.8 cm³/mol. The molecule has 0 saturated carbocycles. The maximum Gasteiger partial charge on any atom is 1.00 e. The summed E-state index contributed by atoms with van der Waals surface area (Å²) >= 11 is 0. The number of allylic oxidation sites excluding steroid dienone is 1. The van der Waals surface area contributed by atoms with Gasteiger partial charge in [-0.05, 0) is 19.3 Å². The fourth-order valence-corrected chi connectivity index (χ4v) is 1.11. The van der Waals surface area contributed by atoms with E-state index in [9.17, 15) is 0 Å². The smallest absolute Gasteiger partial charge is 0.366 e. The van der Waals surface area contributed by atoms with Crippen LogP contribution in [-0.2, 0) is 26.5 Å². The molecule has 0 spiro atoms. The topological polar surface area (TPSA) is 18.5 Å². The summed E-state index contributed by atoms with van der Waals surface area (Å²) in [6, 6.07) is 0. The van der Waals surface area contributed by atoms with Gasteiger partial charge in [-0.1, -0.05) is 0 Å². The molecule has 1 rings (SSSR count). The van der Waals surface area contributed by atoms with Crippen molar-refractivity contribution in [1.29, 1.82) is 0 Å². The van der Waals surface area contributed by atoms with Crippen LogP contribution in [0.2, 0.25) is 0 Å². The third-order valence-electron chi connectivity index (χ3n) is 1.72. The van der Waals surface area contributed by atoms with E-state index in [1.54, 1.807) is 6.08 Å². The zero-order chi connectivity index (χ0) is 8.65. The SMILES string of the molecule is [C-]#CC=CCOC1CCCCO1.[Cu+]. The Hall–Kier alpha value is -0.261. The van der Waals surface area contributed by atoms with Crippen molar-refractivity contribution >= 4 is 0 Å². The molecule has 0 amide bonds. The minimum absolute atomic E-state index is 0. The number of hydrogen-bond donors (Lipinski definition) is 0. The molecular weight excluding hydrogens is 216 g/mol. The van der Waals surface area contributed by atoms with Crippen molar-refractivity contribution in [1.82, 2.24) is 0 Å². The van der Waals surface area contributed by atoms with Crippen LogP contribution in [0.5, 0.6) is 0 Å². The normalized spacial score (nSPS) is 22.2. The molecule has 1 aliphatic rings. The summed E-state index contributed by atoms with van der Waals surface area (Å²) in [5.74, 6) is 2.15. The second-order valence-corrected chi connectivity index (χ2v) is 2.68. The van der Waals surface area contributed by atoms with Crippen molar-refractivity contribution in [2.45, 2.75) is 25.6 Å². The summed E-state index contributed by atoms with van der Waals surface area (Å²) in [5.41, 5.74) is 0. The Balaban J connectivity index is 0.00000144. The van der Waals surface area contributed by atoms with Gasteiger partial charge in [-0.25, -0.2) is 0 Å². The first kappa shape index (κ1) is 12.7. The predicted octanol–water partition coefficient (Wildman–Crippen LogP) is 1.67. The molecule has 0 bridgehead atoms. The van der Waals surface area contributed by atoms with Crippen LogP contribution in [0.1, 0.15) is 19.3 Å². The molecule has 0 aromatic heterocycles. The van der Waals surface area contributed by atoms with E-state index in [0.717, 1.165) is 19.4 Å². The van der Waals surface area contributed by atoms with Crippen LogP contribution >= 0.6 is 0 Å². The van der Waals surface area contributed by atoms with Crippen molar-refractivity contribution in [2.75, 3.05) is 13.2 Å². The van der Waals surface area contributed by atoms with E-state index in [-0.39, 0.29) is 23.4 Å². The van der Waals surface area contributed by atoms with Crippen LogP contribution in [0.3, 0.4) is 0 Å². The Morgan fingerprint density at radius 2 is 2.38 bits per heavy atom. The largest absolute Gasteiger partial charge is 1.00 e. The molecule has 1 atom stereocenters. The summed E-state index contributed by atoms with van der Waals surface area (Å²) < 4.78 is 10.7. The van der Waals surface area contributed by atoms with E-state index in [0.29, 0.717) is 6.61 Å². The second-order valence-electron chi connectivity index (χ2n) is 2.68. The van der Waals surface area contributed by atoms with Gasteiger partial charge in [0.25, 0.3) is 0 Å². The Morgan fingerprint density at radius 1 is 1.54 bits per heavy atom. The van der Waals surface area contributed by atoms with E-state index in [1.807, 2.05) is 0 Å². The summed E-state index contributed by atoms with van der Waals surface area (Å²) in [6.07, 6.45) is 13.2. The minimum Gasteiger partial charge on any atom is -0.366 e. The van der Waals surface area contributed by atoms with Gasteiger partial charge in [-0.2, -0.15) is 6.08 Å². The van der Waals surface area contributed by atoms with Crippen molar-refractivity contribution in [3.8, 4) is 5.92 Å². The van der Waals surface area contributed by atoms with Crippen LogP contribution in [-0.4, -0.2) is 19.5 Å². The Bertz CT molecular complexity index is 178. The van der Waals surface area contributed by atoms with E-state index in [1.165, 1.54) is 12.5 Å². The molecule has 1 heterocycles. The molecular formula is C10H13CuO2. The van der Waals surface area contributed by atoms with Gasteiger partial charge in [0.05, 0.1) is 6.61 Å². The van der Waals surface area contributed by atoms with Crippen LogP contribution < -0.4 is 0 Å². The van der Waals surface area contributed by atoms with Gasteiger partial charge in [0, 0.05) is 6.61 Å². The van der Waals surface area contributed by atoms with Gasteiger partial charge in [0.15, 0.2) is 6.29 Å². The first-order valence-corrected chi connectivity index (χ1v) is 4.24. The Labute approximate surface area is 90.2 Å². The number of hydrogen-bond acceptors (Lipinski definition) is 2. The molecule has 2 nitrogen and oxygen atoms in total. The fourth-order valence-electron chi connectivity index (χ4n) is 1.11. The fraction of sp³-hybridized carbons (Fsp3) is 0.600. The average Bonchev–Trinajstić information content (AvgIpc) is 2.14. The third-order valence-corrected chi connectivity index (χ3v) is 1.72. The molecule has 0 aliphatic carbocycles. The summed E-state index contributed by atoms with van der Waals surface area (Å²) in [7, 11) is 0. The van der Waals surface area contributed by atoms with Crippen LogP contribution in [0.4, 0.5) is 0 Å². The molecule has 0 aromatic carbocycles. The van der Waals surface area contributed by atoms with Gasteiger partial charge in [-0.15, -0.1) is 6.08 Å². The molecule has 3 heteroatoms. The molecule has 1 fully saturated rings. The van der Waals surface area contributed by atoms with Crippen molar-refractivity contribution in [3.05, 3.63) is 18.6 Å². The van der Waals surface area contributed by atoms with Gasteiger partial charge in [0.2, 0.25) is 0 Å². The monoisotopic (exact) mass is 228 g/mol. The Morgan fingerprint density at radius 3 is 3.00 bits per heavy atom. The summed E-state index contributed by atoms with van der Waals surface area (Å²) in [4.78, 5) is 0. The summed E-state index contributed by atoms with van der Waals surface area (Å²) in [6.45, 7) is 1.32. The Kier molecular flexibility index (Phi) is 8.18. The zero-order valence-corrected chi connectivity index (χ0v) is 8.33. The summed E-state index contributed by atoms with van der Waals surface area (Å²) in [5, 5.41) is 0. The van der Waals surface area contributed by atoms with E-state index < -0.39 is 0 Å². The maximum absolute atomic E-state index is 6.60. The maximum atomic E-state index is 6.60. The molecule has 1 aliphatic heterocycles. The van der Waals surface area contributed by atoms with Crippen molar-refractivity contribution in [3.63, 3.8) is 0 Å². The molecule has 0 aromatic rings. The first-order chi connectivity index (χ1) is 5.93. The third kappa shape index (κ3) is 5.90. The van der Waals surface area contributed by atoms with E-state index in [4.69, 9.17) is 15.9 Å². The van der Waals surface area contributed by atoms with Crippen molar-refractivity contribution in [2.24, 2.45) is 0 Å². The van der Waals surface area contributed by atoms with Crippen LogP contribution in [0.25, 0.3) is 0 Å². The standard InChI is InChI=1S/C10H13O2.Cu/c1-2-3-5-8-11-10-7-4-6-9-12-10;/h3,5,10H,4,6-9H2;/q-1;+1. The molecule has 76 valence electrons. The molecule has 0 N–H and O–H groups in total. The first-order valence-electron chi connectivity index (χ1n) is 4.24. The van der Waals surface area contributed by atoms with Gasteiger partial charge in [0.1, 0.15) is 0 Å².